The van der Waals surface area contributed by atoms with E-state index in [0.29, 0.717) is 5.69 Å². The van der Waals surface area contributed by atoms with Crippen LogP contribution < -0.4 is 10.5 Å². The zero-order chi connectivity index (χ0) is 15.5. The molecule has 2 aromatic carbocycles. The molecule has 0 heterocycles. The molecule has 0 aliphatic heterocycles. The van der Waals surface area contributed by atoms with Gasteiger partial charge in [0.15, 0.2) is 0 Å². The zero-order valence-corrected chi connectivity index (χ0v) is 12.8. The fourth-order valence-corrected chi connectivity index (χ4v) is 2.04. The Morgan fingerprint density at radius 3 is 2.38 bits per heavy atom. The fourth-order valence-electron chi connectivity index (χ4n) is 2.04. The second kappa shape index (κ2) is 6.19. The van der Waals surface area contributed by atoms with Crippen LogP contribution in [-0.4, -0.2) is 11.7 Å². The van der Waals surface area contributed by atoms with Gasteiger partial charge in [-0.1, -0.05) is 45.0 Å². The third-order valence-corrected chi connectivity index (χ3v) is 3.43. The number of aliphatic hydroxyl groups is 1. The summed E-state index contributed by atoms with van der Waals surface area (Å²) in [6.45, 7) is 6.71. The lowest BCUT2D eigenvalue weighted by atomic mass is 9.87. The second-order valence-corrected chi connectivity index (χ2v) is 6.27. The summed E-state index contributed by atoms with van der Waals surface area (Å²) in [4.78, 5) is 0. The molecule has 2 aromatic rings. The summed E-state index contributed by atoms with van der Waals surface area (Å²) in [6.07, 6.45) is -0.663. The Hall–Kier alpha value is -2.00. The number of aliphatic hydroxyl groups excluding tert-OH is 1. The molecule has 21 heavy (non-hydrogen) atoms. The van der Waals surface area contributed by atoms with Crippen molar-refractivity contribution >= 4 is 5.69 Å². The van der Waals surface area contributed by atoms with Gasteiger partial charge in [-0.05, 0) is 40.8 Å². The number of hydrogen-bond donors (Lipinski definition) is 2. The molecule has 3 heteroatoms. The molecule has 0 amide bonds. The van der Waals surface area contributed by atoms with Gasteiger partial charge in [-0.2, -0.15) is 0 Å². The van der Waals surface area contributed by atoms with Crippen molar-refractivity contribution in [2.45, 2.75) is 32.3 Å². The van der Waals surface area contributed by atoms with Gasteiger partial charge in [0.05, 0.1) is 0 Å². The molecular formula is C18H23NO2. The van der Waals surface area contributed by atoms with Gasteiger partial charge in [-0.3, -0.25) is 0 Å². The summed E-state index contributed by atoms with van der Waals surface area (Å²) in [5, 5.41) is 10.1. The van der Waals surface area contributed by atoms with Crippen LogP contribution in [0.25, 0.3) is 0 Å². The van der Waals surface area contributed by atoms with Crippen molar-refractivity contribution in [1.82, 2.24) is 0 Å². The first kappa shape index (κ1) is 15.4. The quantitative estimate of drug-likeness (QED) is 0.843. The molecule has 0 spiro atoms. The van der Waals surface area contributed by atoms with Crippen molar-refractivity contribution < 1.29 is 9.84 Å². The normalized spacial score (nSPS) is 13.0. The Morgan fingerprint density at radius 2 is 1.76 bits per heavy atom. The monoisotopic (exact) mass is 285 g/mol. The highest BCUT2D eigenvalue weighted by Gasteiger charge is 2.14. The van der Waals surface area contributed by atoms with E-state index in [1.54, 1.807) is 12.1 Å². The third-order valence-electron chi connectivity index (χ3n) is 3.43. The van der Waals surface area contributed by atoms with E-state index in [2.05, 4.69) is 26.8 Å². The molecule has 0 radical (unpaired) electrons. The number of nitrogen functional groups attached to an aromatic ring is 1. The molecule has 1 atom stereocenters. The van der Waals surface area contributed by atoms with Crippen LogP contribution in [0.1, 0.15) is 38.0 Å². The maximum atomic E-state index is 10.1. The molecule has 3 nitrogen and oxygen atoms in total. The van der Waals surface area contributed by atoms with Crippen LogP contribution in [0.3, 0.4) is 0 Å². The Balaban J connectivity index is 2.01. The van der Waals surface area contributed by atoms with Crippen molar-refractivity contribution in [3.05, 3.63) is 59.7 Å². The van der Waals surface area contributed by atoms with Crippen molar-refractivity contribution in [3.63, 3.8) is 0 Å². The minimum Gasteiger partial charge on any atom is -0.491 e. The molecular weight excluding hydrogens is 262 g/mol. The Bertz CT molecular complexity index is 585. The van der Waals surface area contributed by atoms with Crippen LogP contribution in [0.5, 0.6) is 5.75 Å². The molecule has 2 rings (SSSR count). The molecule has 0 aromatic heterocycles. The standard InChI is InChI=1S/C18H23NO2/c1-18(2,3)14-5-4-6-16(11-14)21-12-17(20)13-7-9-15(19)10-8-13/h4-11,17,20H,12,19H2,1-3H3. The van der Waals surface area contributed by atoms with Crippen LogP contribution in [0.4, 0.5) is 5.69 Å². The number of rotatable bonds is 4. The van der Waals surface area contributed by atoms with Crippen LogP contribution in [0.2, 0.25) is 0 Å². The first-order chi connectivity index (χ1) is 9.86. The lowest BCUT2D eigenvalue weighted by Gasteiger charge is -2.20. The Labute approximate surface area is 126 Å². The van der Waals surface area contributed by atoms with E-state index in [-0.39, 0.29) is 12.0 Å². The van der Waals surface area contributed by atoms with Crippen LogP contribution >= 0.6 is 0 Å². The topological polar surface area (TPSA) is 55.5 Å². The lowest BCUT2D eigenvalue weighted by molar-refractivity contribution is 0.108. The minimum absolute atomic E-state index is 0.0783. The first-order valence-corrected chi connectivity index (χ1v) is 7.13. The van der Waals surface area contributed by atoms with Gasteiger partial charge in [0.1, 0.15) is 18.5 Å². The lowest BCUT2D eigenvalue weighted by Crippen LogP contribution is -2.12. The molecule has 0 saturated carbocycles. The van der Waals surface area contributed by atoms with E-state index in [4.69, 9.17) is 10.5 Å². The number of benzene rings is 2. The van der Waals surface area contributed by atoms with Crippen molar-refractivity contribution in [2.75, 3.05) is 12.3 Å². The van der Waals surface area contributed by atoms with Gasteiger partial charge in [-0.25, -0.2) is 0 Å². The van der Waals surface area contributed by atoms with Gasteiger partial charge in [-0.15, -0.1) is 0 Å². The Morgan fingerprint density at radius 1 is 1.10 bits per heavy atom. The SMILES string of the molecule is CC(C)(C)c1cccc(OCC(O)c2ccc(N)cc2)c1. The van der Waals surface area contributed by atoms with Gasteiger partial charge in [0, 0.05) is 5.69 Å². The zero-order valence-electron chi connectivity index (χ0n) is 12.8. The smallest absolute Gasteiger partial charge is 0.119 e. The predicted octanol–water partition coefficient (Wildman–Crippen LogP) is 3.68. The summed E-state index contributed by atoms with van der Waals surface area (Å²) in [5.41, 5.74) is 8.41. The minimum atomic E-state index is -0.663. The molecule has 0 aliphatic carbocycles. The van der Waals surface area contributed by atoms with E-state index >= 15 is 0 Å². The first-order valence-electron chi connectivity index (χ1n) is 7.13. The van der Waals surface area contributed by atoms with Gasteiger partial charge in [0.2, 0.25) is 0 Å². The molecule has 0 aliphatic rings. The third kappa shape index (κ3) is 4.23. The van der Waals surface area contributed by atoms with E-state index in [0.717, 1.165) is 11.3 Å². The summed E-state index contributed by atoms with van der Waals surface area (Å²) in [7, 11) is 0. The van der Waals surface area contributed by atoms with Crippen molar-refractivity contribution in [1.29, 1.82) is 0 Å². The Kier molecular flexibility index (Phi) is 4.53. The van der Waals surface area contributed by atoms with E-state index < -0.39 is 6.10 Å². The van der Waals surface area contributed by atoms with Crippen LogP contribution in [0.15, 0.2) is 48.5 Å². The molecule has 112 valence electrons. The molecule has 1 unspecified atom stereocenters. The fraction of sp³-hybridized carbons (Fsp3) is 0.333. The average Bonchev–Trinajstić information content (AvgIpc) is 2.45. The summed E-state index contributed by atoms with van der Waals surface area (Å²) >= 11 is 0. The highest BCUT2D eigenvalue weighted by atomic mass is 16.5. The van der Waals surface area contributed by atoms with Crippen LogP contribution in [-0.2, 0) is 5.41 Å². The van der Waals surface area contributed by atoms with Crippen molar-refractivity contribution in [2.24, 2.45) is 0 Å². The summed E-state index contributed by atoms with van der Waals surface area (Å²) in [6, 6.07) is 15.2. The average molecular weight is 285 g/mol. The number of anilines is 1. The molecule has 0 bridgehead atoms. The van der Waals surface area contributed by atoms with Crippen LogP contribution in [0, 0.1) is 0 Å². The molecule has 0 fully saturated rings. The number of hydrogen-bond acceptors (Lipinski definition) is 3. The number of nitrogens with two attached hydrogens (primary N) is 1. The summed E-state index contributed by atoms with van der Waals surface area (Å²) in [5.74, 6) is 0.775. The van der Waals surface area contributed by atoms with Gasteiger partial charge >= 0.3 is 0 Å². The van der Waals surface area contributed by atoms with Gasteiger partial charge < -0.3 is 15.6 Å². The summed E-state index contributed by atoms with van der Waals surface area (Å²) < 4.78 is 5.71. The highest BCUT2D eigenvalue weighted by molar-refractivity contribution is 5.40. The van der Waals surface area contributed by atoms with Gasteiger partial charge in [0.25, 0.3) is 0 Å². The van der Waals surface area contributed by atoms with Crippen molar-refractivity contribution in [3.8, 4) is 5.75 Å². The maximum absolute atomic E-state index is 10.1. The molecule has 3 N–H and O–H groups in total. The number of ether oxygens (including phenoxy) is 1. The highest BCUT2D eigenvalue weighted by Crippen LogP contribution is 2.26. The van der Waals surface area contributed by atoms with E-state index in [1.807, 2.05) is 30.3 Å². The van der Waals surface area contributed by atoms with E-state index in [9.17, 15) is 5.11 Å². The maximum Gasteiger partial charge on any atom is 0.119 e. The molecule has 0 saturated heterocycles. The van der Waals surface area contributed by atoms with E-state index in [1.165, 1.54) is 5.56 Å². The second-order valence-electron chi connectivity index (χ2n) is 6.27. The predicted molar refractivity (Wildman–Crippen MR) is 86.5 cm³/mol. The largest absolute Gasteiger partial charge is 0.491 e.